The first-order valence-electron chi connectivity index (χ1n) is 7.85. The van der Waals surface area contributed by atoms with Gasteiger partial charge in [-0.05, 0) is 65.8 Å². The molecule has 2 aromatic carbocycles. The van der Waals surface area contributed by atoms with Crippen molar-refractivity contribution in [2.75, 3.05) is 13.1 Å². The molecule has 0 saturated carbocycles. The van der Waals surface area contributed by atoms with Gasteiger partial charge in [0.1, 0.15) is 0 Å². The highest BCUT2D eigenvalue weighted by molar-refractivity contribution is 5.50. The van der Waals surface area contributed by atoms with E-state index in [0.29, 0.717) is 6.42 Å². The highest BCUT2D eigenvalue weighted by Crippen LogP contribution is 2.41. The standard InChI is InChI=1S/C18H19NO4/c20-15-6-10-1-3-19-4-2-11-7-16(21)18(23)9-13(11)14(19)5-12(10)8-17(15)22/h6-9,14,20-23H,1-5H2. The number of aromatic hydroxyl groups is 4. The van der Waals surface area contributed by atoms with Gasteiger partial charge in [-0.15, -0.1) is 0 Å². The Morgan fingerprint density at radius 1 is 0.696 bits per heavy atom. The van der Waals surface area contributed by atoms with E-state index in [-0.39, 0.29) is 29.0 Å². The molecule has 0 amide bonds. The molecule has 0 spiro atoms. The average molecular weight is 313 g/mol. The van der Waals surface area contributed by atoms with Gasteiger partial charge in [0.05, 0.1) is 0 Å². The van der Waals surface area contributed by atoms with Crippen LogP contribution in [-0.4, -0.2) is 38.4 Å². The molecule has 0 bridgehead atoms. The Kier molecular flexibility index (Phi) is 3.13. The van der Waals surface area contributed by atoms with Gasteiger partial charge in [0, 0.05) is 19.1 Å². The van der Waals surface area contributed by atoms with Crippen LogP contribution in [0.5, 0.6) is 23.0 Å². The minimum atomic E-state index is -0.0956. The van der Waals surface area contributed by atoms with Crippen LogP contribution in [0.25, 0.3) is 0 Å². The summed E-state index contributed by atoms with van der Waals surface area (Å²) < 4.78 is 0. The van der Waals surface area contributed by atoms with Crippen LogP contribution in [0, 0.1) is 0 Å². The SMILES string of the molecule is Oc1cc2c(cc1O)CC1c3cc(O)c(O)cc3CCN1CC2. The van der Waals surface area contributed by atoms with E-state index in [0.717, 1.165) is 48.2 Å². The fraction of sp³-hybridized carbons (Fsp3) is 0.333. The van der Waals surface area contributed by atoms with Crippen molar-refractivity contribution in [3.05, 3.63) is 46.5 Å². The van der Waals surface area contributed by atoms with Crippen molar-refractivity contribution in [3.63, 3.8) is 0 Å². The Labute approximate surface area is 134 Å². The van der Waals surface area contributed by atoms with Gasteiger partial charge in [0.25, 0.3) is 0 Å². The first kappa shape index (κ1) is 14.2. The van der Waals surface area contributed by atoms with Crippen molar-refractivity contribution in [3.8, 4) is 23.0 Å². The lowest BCUT2D eigenvalue weighted by Crippen LogP contribution is -2.36. The molecular weight excluding hydrogens is 294 g/mol. The summed E-state index contributed by atoms with van der Waals surface area (Å²) in [4.78, 5) is 2.37. The van der Waals surface area contributed by atoms with Crippen molar-refractivity contribution < 1.29 is 20.4 Å². The van der Waals surface area contributed by atoms with Gasteiger partial charge in [-0.3, -0.25) is 4.90 Å². The molecule has 2 aliphatic heterocycles. The molecular formula is C18H19NO4. The second kappa shape index (κ2) is 5.06. The van der Waals surface area contributed by atoms with Crippen LogP contribution in [0.2, 0.25) is 0 Å². The maximum Gasteiger partial charge on any atom is 0.157 e. The molecule has 5 heteroatoms. The summed E-state index contributed by atoms with van der Waals surface area (Å²) in [5.41, 5.74) is 4.17. The predicted molar refractivity (Wildman–Crippen MR) is 85.0 cm³/mol. The lowest BCUT2D eigenvalue weighted by molar-refractivity contribution is 0.191. The molecule has 4 rings (SSSR count). The van der Waals surface area contributed by atoms with E-state index in [4.69, 9.17) is 0 Å². The number of phenols is 4. The fourth-order valence-corrected chi connectivity index (χ4v) is 3.84. The Morgan fingerprint density at radius 3 is 1.91 bits per heavy atom. The van der Waals surface area contributed by atoms with E-state index in [1.807, 2.05) is 0 Å². The molecule has 0 aliphatic carbocycles. The zero-order chi connectivity index (χ0) is 16.1. The number of fused-ring (bicyclic) bond motifs is 4. The summed E-state index contributed by atoms with van der Waals surface area (Å²) in [5.74, 6) is -0.342. The molecule has 5 nitrogen and oxygen atoms in total. The molecule has 0 aromatic heterocycles. The van der Waals surface area contributed by atoms with Crippen LogP contribution in [0.4, 0.5) is 0 Å². The van der Waals surface area contributed by atoms with Gasteiger partial charge in [0.15, 0.2) is 23.0 Å². The fourth-order valence-electron chi connectivity index (χ4n) is 3.84. The van der Waals surface area contributed by atoms with Gasteiger partial charge in [-0.1, -0.05) is 0 Å². The lowest BCUT2D eigenvalue weighted by Gasteiger charge is -2.36. The molecule has 2 aliphatic rings. The number of hydrogen-bond donors (Lipinski definition) is 4. The van der Waals surface area contributed by atoms with Gasteiger partial charge < -0.3 is 20.4 Å². The van der Waals surface area contributed by atoms with E-state index in [2.05, 4.69) is 4.90 Å². The summed E-state index contributed by atoms with van der Waals surface area (Å²) in [7, 11) is 0. The zero-order valence-electron chi connectivity index (χ0n) is 12.7. The average Bonchev–Trinajstić information content (AvgIpc) is 2.69. The molecule has 4 N–H and O–H groups in total. The third-order valence-electron chi connectivity index (χ3n) is 5.08. The predicted octanol–water partition coefficient (Wildman–Crippen LogP) is 2.21. The molecule has 2 heterocycles. The number of hydrogen-bond acceptors (Lipinski definition) is 5. The third kappa shape index (κ3) is 2.28. The van der Waals surface area contributed by atoms with Crippen LogP contribution >= 0.6 is 0 Å². The van der Waals surface area contributed by atoms with E-state index in [1.54, 1.807) is 24.3 Å². The van der Waals surface area contributed by atoms with E-state index < -0.39 is 0 Å². The third-order valence-corrected chi connectivity index (χ3v) is 5.08. The molecule has 0 fully saturated rings. The van der Waals surface area contributed by atoms with Crippen molar-refractivity contribution in [2.45, 2.75) is 25.3 Å². The zero-order valence-corrected chi connectivity index (χ0v) is 12.7. The minimum absolute atomic E-state index is 0.0752. The van der Waals surface area contributed by atoms with Crippen LogP contribution in [0.3, 0.4) is 0 Å². The van der Waals surface area contributed by atoms with Crippen LogP contribution < -0.4 is 0 Å². The smallest absolute Gasteiger partial charge is 0.157 e. The Balaban J connectivity index is 1.79. The molecule has 23 heavy (non-hydrogen) atoms. The van der Waals surface area contributed by atoms with E-state index in [1.165, 1.54) is 0 Å². The largest absolute Gasteiger partial charge is 0.504 e. The number of benzene rings is 2. The molecule has 120 valence electrons. The summed E-state index contributed by atoms with van der Waals surface area (Å²) >= 11 is 0. The van der Waals surface area contributed by atoms with Gasteiger partial charge in [-0.25, -0.2) is 0 Å². The lowest BCUT2D eigenvalue weighted by atomic mass is 9.88. The van der Waals surface area contributed by atoms with Gasteiger partial charge in [-0.2, -0.15) is 0 Å². The molecule has 1 unspecified atom stereocenters. The Morgan fingerprint density at radius 2 is 1.22 bits per heavy atom. The highest BCUT2D eigenvalue weighted by atomic mass is 16.3. The Bertz CT molecular complexity index is 787. The van der Waals surface area contributed by atoms with E-state index >= 15 is 0 Å². The number of rotatable bonds is 0. The minimum Gasteiger partial charge on any atom is -0.504 e. The van der Waals surface area contributed by atoms with Crippen LogP contribution in [0.1, 0.15) is 28.3 Å². The van der Waals surface area contributed by atoms with Crippen molar-refractivity contribution in [1.82, 2.24) is 4.90 Å². The van der Waals surface area contributed by atoms with Crippen molar-refractivity contribution >= 4 is 0 Å². The first-order valence-corrected chi connectivity index (χ1v) is 7.85. The summed E-state index contributed by atoms with van der Waals surface area (Å²) in [6.45, 7) is 1.76. The summed E-state index contributed by atoms with van der Waals surface area (Å²) in [6, 6.07) is 6.71. The first-order chi connectivity index (χ1) is 11.0. The molecule has 2 aromatic rings. The molecule has 1 atom stereocenters. The summed E-state index contributed by atoms with van der Waals surface area (Å²) in [6.07, 6.45) is 2.37. The molecule has 0 saturated heterocycles. The summed E-state index contributed by atoms with van der Waals surface area (Å²) in [5, 5.41) is 39.1. The van der Waals surface area contributed by atoms with E-state index in [9.17, 15) is 20.4 Å². The number of phenolic OH excluding ortho intramolecular Hbond substituents is 4. The number of nitrogens with zero attached hydrogens (tertiary/aromatic N) is 1. The normalized spacial score (nSPS) is 20.3. The van der Waals surface area contributed by atoms with Gasteiger partial charge in [0.2, 0.25) is 0 Å². The highest BCUT2D eigenvalue weighted by Gasteiger charge is 2.31. The quantitative estimate of drug-likeness (QED) is 0.560. The van der Waals surface area contributed by atoms with Crippen molar-refractivity contribution in [2.24, 2.45) is 0 Å². The Hall–Kier alpha value is -2.40. The van der Waals surface area contributed by atoms with Gasteiger partial charge >= 0.3 is 0 Å². The second-order valence-corrected chi connectivity index (χ2v) is 6.41. The van der Waals surface area contributed by atoms with Crippen LogP contribution in [0.15, 0.2) is 24.3 Å². The van der Waals surface area contributed by atoms with Crippen molar-refractivity contribution in [1.29, 1.82) is 0 Å². The van der Waals surface area contributed by atoms with Crippen LogP contribution in [-0.2, 0) is 19.3 Å². The second-order valence-electron chi connectivity index (χ2n) is 6.41. The maximum atomic E-state index is 9.87. The monoisotopic (exact) mass is 313 g/mol. The molecule has 0 radical (unpaired) electrons. The topological polar surface area (TPSA) is 84.2 Å². The maximum absolute atomic E-state index is 9.87.